The number of para-hydroxylation sites is 1. The molecular weight excluding hydrogens is 374 g/mol. The molecule has 1 aliphatic rings. The Morgan fingerprint density at radius 1 is 1.03 bits per heavy atom. The molecule has 1 atom stereocenters. The predicted molar refractivity (Wildman–Crippen MR) is 106 cm³/mol. The first-order valence-electron chi connectivity index (χ1n) is 9.25. The van der Waals surface area contributed by atoms with E-state index < -0.39 is 17.7 Å². The average Bonchev–Trinajstić information content (AvgIpc) is 3.01. The van der Waals surface area contributed by atoms with Crippen molar-refractivity contribution in [1.82, 2.24) is 4.90 Å². The van der Waals surface area contributed by atoms with Crippen LogP contribution in [0.2, 0.25) is 0 Å². The molecule has 0 saturated carbocycles. The maximum Gasteiger partial charge on any atom is 0.295 e. The van der Waals surface area contributed by atoms with Gasteiger partial charge in [0.15, 0.2) is 0 Å². The third kappa shape index (κ3) is 4.16. The molecule has 1 aliphatic heterocycles. The lowest BCUT2D eigenvalue weighted by atomic mass is 9.94. The molecule has 2 N–H and O–H groups in total. The summed E-state index contributed by atoms with van der Waals surface area (Å²) < 4.78 is 10.7. The van der Waals surface area contributed by atoms with E-state index in [1.54, 1.807) is 54.6 Å². The molecule has 0 bridgehead atoms. The number of Topliss-reactive ketones (excluding diaryl/α,β-unsaturated/α-hetero) is 1. The van der Waals surface area contributed by atoms with Crippen LogP contribution in [0.3, 0.4) is 0 Å². The molecule has 2 aromatic carbocycles. The second-order valence-corrected chi connectivity index (χ2v) is 6.44. The average molecular weight is 397 g/mol. The van der Waals surface area contributed by atoms with Crippen molar-refractivity contribution >= 4 is 17.4 Å². The van der Waals surface area contributed by atoms with Crippen LogP contribution in [-0.2, 0) is 14.3 Å². The predicted octanol–water partition coefficient (Wildman–Crippen LogP) is 2.13. The standard InChI is InChI=1S/C22H23NO6/c1-28-17-10-6-5-9-16(17)19-18(20(25)15-7-3-2-4-8-15)21(26)22(27)23(19)11-13-29-14-12-24/h2-10,19,24-25H,11-14H2,1H3. The largest absolute Gasteiger partial charge is 0.507 e. The molecular formula is C22H23NO6. The van der Waals surface area contributed by atoms with Gasteiger partial charge in [0.1, 0.15) is 11.5 Å². The quantitative estimate of drug-likeness (QED) is 0.307. The molecule has 0 radical (unpaired) electrons. The second kappa shape index (κ2) is 9.36. The summed E-state index contributed by atoms with van der Waals surface area (Å²) in [5, 5.41) is 19.8. The number of carbonyl (C=O) groups is 2. The minimum atomic E-state index is -0.816. The lowest BCUT2D eigenvalue weighted by Gasteiger charge is -2.26. The molecule has 0 spiro atoms. The fraction of sp³-hybridized carbons (Fsp3) is 0.273. The molecule has 2 aromatic rings. The number of methoxy groups -OCH3 is 1. The maximum absolute atomic E-state index is 12.9. The highest BCUT2D eigenvalue weighted by atomic mass is 16.5. The number of carbonyl (C=O) groups excluding carboxylic acids is 2. The summed E-state index contributed by atoms with van der Waals surface area (Å²) in [7, 11) is 1.51. The lowest BCUT2D eigenvalue weighted by Crippen LogP contribution is -2.33. The van der Waals surface area contributed by atoms with Crippen molar-refractivity contribution in [3.63, 3.8) is 0 Å². The van der Waals surface area contributed by atoms with E-state index in [0.29, 0.717) is 16.9 Å². The molecule has 1 amide bonds. The highest BCUT2D eigenvalue weighted by Crippen LogP contribution is 2.42. The van der Waals surface area contributed by atoms with Crippen molar-refractivity contribution in [1.29, 1.82) is 0 Å². The highest BCUT2D eigenvalue weighted by molar-refractivity contribution is 6.46. The van der Waals surface area contributed by atoms with E-state index in [1.165, 1.54) is 12.0 Å². The fourth-order valence-corrected chi connectivity index (χ4v) is 3.41. The molecule has 7 heteroatoms. The first-order chi connectivity index (χ1) is 14.1. The Balaban J connectivity index is 2.10. The van der Waals surface area contributed by atoms with Gasteiger partial charge in [-0.2, -0.15) is 0 Å². The minimum absolute atomic E-state index is 0.00728. The van der Waals surface area contributed by atoms with Crippen LogP contribution in [0.15, 0.2) is 60.2 Å². The van der Waals surface area contributed by atoms with Gasteiger partial charge < -0.3 is 24.6 Å². The summed E-state index contributed by atoms with van der Waals surface area (Å²) in [5.41, 5.74) is 1.05. The Morgan fingerprint density at radius 2 is 1.72 bits per heavy atom. The summed E-state index contributed by atoms with van der Waals surface area (Å²) in [6, 6.07) is 14.9. The first-order valence-corrected chi connectivity index (χ1v) is 9.25. The van der Waals surface area contributed by atoms with Crippen LogP contribution in [0, 0.1) is 0 Å². The molecule has 1 fully saturated rings. The normalized spacial score (nSPS) is 18.3. The van der Waals surface area contributed by atoms with E-state index in [1.807, 2.05) is 0 Å². The maximum atomic E-state index is 12.9. The van der Waals surface area contributed by atoms with Gasteiger partial charge in [0.05, 0.1) is 38.5 Å². The molecule has 0 aromatic heterocycles. The Hall–Kier alpha value is -3.16. The monoisotopic (exact) mass is 397 g/mol. The lowest BCUT2D eigenvalue weighted by molar-refractivity contribution is -0.140. The molecule has 152 valence electrons. The molecule has 29 heavy (non-hydrogen) atoms. The molecule has 0 aliphatic carbocycles. The molecule has 1 unspecified atom stereocenters. The van der Waals surface area contributed by atoms with Crippen LogP contribution in [0.4, 0.5) is 0 Å². The summed E-state index contributed by atoms with van der Waals surface area (Å²) >= 11 is 0. The number of benzene rings is 2. The number of likely N-dealkylation sites (tertiary alicyclic amines) is 1. The number of amides is 1. The molecule has 1 saturated heterocycles. The number of hydrogen-bond donors (Lipinski definition) is 2. The van der Waals surface area contributed by atoms with Gasteiger partial charge in [-0.1, -0.05) is 48.5 Å². The minimum Gasteiger partial charge on any atom is -0.507 e. The topological polar surface area (TPSA) is 96.3 Å². The van der Waals surface area contributed by atoms with Gasteiger partial charge in [0, 0.05) is 17.7 Å². The number of nitrogens with zero attached hydrogens (tertiary/aromatic N) is 1. The van der Waals surface area contributed by atoms with Crippen LogP contribution in [-0.4, -0.2) is 60.3 Å². The van der Waals surface area contributed by atoms with Gasteiger partial charge in [-0.3, -0.25) is 9.59 Å². The summed E-state index contributed by atoms with van der Waals surface area (Å²) in [6.07, 6.45) is 0. The van der Waals surface area contributed by atoms with Crippen LogP contribution >= 0.6 is 0 Å². The zero-order valence-electron chi connectivity index (χ0n) is 16.1. The number of hydrogen-bond acceptors (Lipinski definition) is 6. The first kappa shape index (κ1) is 20.6. The van der Waals surface area contributed by atoms with Crippen LogP contribution in [0.1, 0.15) is 17.2 Å². The Kier molecular flexibility index (Phi) is 6.64. The van der Waals surface area contributed by atoms with Crippen molar-refractivity contribution < 1.29 is 29.3 Å². The third-order valence-corrected chi connectivity index (χ3v) is 4.73. The van der Waals surface area contributed by atoms with E-state index >= 15 is 0 Å². The van der Waals surface area contributed by atoms with Gasteiger partial charge in [-0.05, 0) is 6.07 Å². The third-order valence-electron chi connectivity index (χ3n) is 4.73. The van der Waals surface area contributed by atoms with E-state index in [4.69, 9.17) is 14.6 Å². The number of ether oxygens (including phenoxy) is 2. The summed E-state index contributed by atoms with van der Waals surface area (Å²) in [4.78, 5) is 27.0. The zero-order chi connectivity index (χ0) is 20.8. The van der Waals surface area contributed by atoms with Gasteiger partial charge in [0.2, 0.25) is 0 Å². The molecule has 1 heterocycles. The SMILES string of the molecule is COc1ccccc1C1C(=C(O)c2ccccc2)C(=O)C(=O)N1CCOCCO. The Morgan fingerprint density at radius 3 is 2.41 bits per heavy atom. The van der Waals surface area contributed by atoms with Gasteiger partial charge >= 0.3 is 0 Å². The van der Waals surface area contributed by atoms with Crippen LogP contribution < -0.4 is 4.74 Å². The van der Waals surface area contributed by atoms with E-state index in [0.717, 1.165) is 0 Å². The molecule has 7 nitrogen and oxygen atoms in total. The van der Waals surface area contributed by atoms with E-state index in [-0.39, 0.29) is 37.7 Å². The van der Waals surface area contributed by atoms with Gasteiger partial charge in [-0.25, -0.2) is 0 Å². The highest BCUT2D eigenvalue weighted by Gasteiger charge is 2.46. The molecule has 3 rings (SSSR count). The van der Waals surface area contributed by atoms with Crippen molar-refractivity contribution in [2.45, 2.75) is 6.04 Å². The summed E-state index contributed by atoms with van der Waals surface area (Å²) in [6.45, 7) is 0.263. The van der Waals surface area contributed by atoms with E-state index in [2.05, 4.69) is 0 Å². The Bertz CT molecular complexity index is 909. The van der Waals surface area contributed by atoms with Crippen molar-refractivity contribution in [2.24, 2.45) is 0 Å². The van der Waals surface area contributed by atoms with Crippen LogP contribution in [0.25, 0.3) is 5.76 Å². The van der Waals surface area contributed by atoms with Crippen molar-refractivity contribution in [3.8, 4) is 5.75 Å². The van der Waals surface area contributed by atoms with Gasteiger partial charge in [0.25, 0.3) is 11.7 Å². The van der Waals surface area contributed by atoms with Gasteiger partial charge in [-0.15, -0.1) is 0 Å². The fourth-order valence-electron chi connectivity index (χ4n) is 3.41. The number of aliphatic hydroxyl groups is 2. The summed E-state index contributed by atoms with van der Waals surface area (Å²) in [5.74, 6) is -1.21. The smallest absolute Gasteiger partial charge is 0.295 e. The van der Waals surface area contributed by atoms with E-state index in [9.17, 15) is 14.7 Å². The van der Waals surface area contributed by atoms with Crippen LogP contribution in [0.5, 0.6) is 5.75 Å². The number of rotatable bonds is 8. The number of aliphatic hydroxyl groups excluding tert-OH is 2. The Labute approximate surface area is 168 Å². The number of ketones is 1. The second-order valence-electron chi connectivity index (χ2n) is 6.44. The van der Waals surface area contributed by atoms with Crippen molar-refractivity contribution in [3.05, 3.63) is 71.3 Å². The van der Waals surface area contributed by atoms with Crippen molar-refractivity contribution in [2.75, 3.05) is 33.5 Å². The zero-order valence-corrected chi connectivity index (χ0v) is 16.1.